The van der Waals surface area contributed by atoms with Crippen LogP contribution in [0.2, 0.25) is 0 Å². The van der Waals surface area contributed by atoms with Gasteiger partial charge in [0, 0.05) is 0 Å². The highest BCUT2D eigenvalue weighted by Gasteiger charge is 2.43. The van der Waals surface area contributed by atoms with Gasteiger partial charge >= 0.3 is 0 Å². The van der Waals surface area contributed by atoms with Gasteiger partial charge in [-0.05, 0) is 0 Å². The lowest BCUT2D eigenvalue weighted by Crippen LogP contribution is -2.42. The van der Waals surface area contributed by atoms with Crippen LogP contribution in [0, 0.1) is 0 Å². The summed E-state index contributed by atoms with van der Waals surface area (Å²) in [6, 6.07) is -0.908. The number of H-pyrrole nitrogens is 1. The first kappa shape index (κ1) is 13.0. The number of hydrogen-bond donors (Lipinski definition) is 5. The van der Waals surface area contributed by atoms with E-state index in [0.29, 0.717) is 0 Å². The summed E-state index contributed by atoms with van der Waals surface area (Å²) in [4.78, 5) is 22.8. The fourth-order valence-electron chi connectivity index (χ4n) is 2.31. The number of anilines is 1. The molecular weight excluding hydrogens is 268 g/mol. The zero-order valence-electron chi connectivity index (χ0n) is 10.3. The van der Waals surface area contributed by atoms with Crippen molar-refractivity contribution in [2.24, 2.45) is 5.73 Å². The van der Waals surface area contributed by atoms with Crippen molar-refractivity contribution in [2.45, 2.75) is 24.5 Å². The molecule has 0 unspecified atom stereocenters. The molecule has 0 aliphatic carbocycles. The van der Waals surface area contributed by atoms with Crippen LogP contribution in [-0.4, -0.2) is 54.6 Å². The Labute approximate surface area is 112 Å². The largest absolute Gasteiger partial charge is 0.394 e. The molecule has 0 radical (unpaired) electrons. The summed E-state index contributed by atoms with van der Waals surface area (Å²) in [5.41, 5.74) is 11.4. The molecule has 0 saturated carbocycles. The molecule has 7 N–H and O–H groups in total. The lowest BCUT2D eigenvalue weighted by atomic mass is 10.1. The number of nitrogens with one attached hydrogen (secondary N) is 1. The van der Waals surface area contributed by atoms with Gasteiger partial charge in [-0.15, -0.1) is 0 Å². The Kier molecular flexibility index (Phi) is 2.94. The maximum absolute atomic E-state index is 12.3. The molecule has 2 aromatic heterocycles. The van der Waals surface area contributed by atoms with Crippen molar-refractivity contribution in [3.8, 4) is 0 Å². The van der Waals surface area contributed by atoms with Crippen LogP contribution >= 0.6 is 0 Å². The predicted molar refractivity (Wildman–Crippen MR) is 67.5 cm³/mol. The number of rotatable bonds is 2. The van der Waals surface area contributed by atoms with E-state index in [0.717, 1.165) is 4.57 Å². The van der Waals surface area contributed by atoms with Crippen LogP contribution in [0.15, 0.2) is 11.1 Å². The average molecular weight is 282 g/mol. The fourth-order valence-corrected chi connectivity index (χ4v) is 2.31. The maximum Gasteiger partial charge on any atom is 0.283 e. The number of aliphatic hydroxyl groups excluding tert-OH is 2. The van der Waals surface area contributed by atoms with Crippen molar-refractivity contribution in [2.75, 3.05) is 12.3 Å². The van der Waals surface area contributed by atoms with Gasteiger partial charge in [0.2, 0.25) is 5.95 Å². The lowest BCUT2D eigenvalue weighted by Gasteiger charge is -2.19. The number of hydrogen-bond acceptors (Lipinski definition) is 8. The summed E-state index contributed by atoms with van der Waals surface area (Å²) in [6.45, 7) is -0.417. The van der Waals surface area contributed by atoms with Crippen LogP contribution in [0.25, 0.3) is 11.2 Å². The van der Waals surface area contributed by atoms with Gasteiger partial charge in [0.1, 0.15) is 12.2 Å². The summed E-state index contributed by atoms with van der Waals surface area (Å²) in [6.07, 6.45) is -1.66. The highest BCUT2D eigenvalue weighted by molar-refractivity contribution is 5.69. The molecule has 20 heavy (non-hydrogen) atoms. The van der Waals surface area contributed by atoms with Crippen LogP contribution in [-0.2, 0) is 4.74 Å². The number of nitrogens with two attached hydrogens (primary N) is 2. The van der Waals surface area contributed by atoms with Crippen LogP contribution in [0.4, 0.5) is 5.95 Å². The molecule has 10 nitrogen and oxygen atoms in total. The molecule has 1 fully saturated rings. The summed E-state index contributed by atoms with van der Waals surface area (Å²) >= 11 is 0. The minimum Gasteiger partial charge on any atom is -0.394 e. The number of nitrogen functional groups attached to an aromatic ring is 1. The minimum atomic E-state index is -1.10. The first-order valence-electron chi connectivity index (χ1n) is 5.95. The number of ether oxygens (including phenoxy) is 1. The van der Waals surface area contributed by atoms with Crippen molar-refractivity contribution in [3.05, 3.63) is 16.7 Å². The molecule has 2 aromatic rings. The van der Waals surface area contributed by atoms with Crippen molar-refractivity contribution in [1.29, 1.82) is 0 Å². The molecule has 0 bridgehead atoms. The third-order valence-corrected chi connectivity index (χ3v) is 3.37. The molecule has 0 spiro atoms. The van der Waals surface area contributed by atoms with Gasteiger partial charge in [-0.2, -0.15) is 4.98 Å². The second kappa shape index (κ2) is 4.52. The monoisotopic (exact) mass is 282 g/mol. The van der Waals surface area contributed by atoms with Gasteiger partial charge in [0.05, 0.1) is 19.0 Å². The van der Waals surface area contributed by atoms with E-state index in [-0.39, 0.29) is 17.1 Å². The Bertz CT molecular complexity index is 697. The van der Waals surface area contributed by atoms with Crippen molar-refractivity contribution < 1.29 is 14.9 Å². The Morgan fingerprint density at radius 3 is 2.95 bits per heavy atom. The molecule has 1 aliphatic heterocycles. The Balaban J connectivity index is 2.13. The van der Waals surface area contributed by atoms with Crippen molar-refractivity contribution in [3.63, 3.8) is 0 Å². The zero-order valence-corrected chi connectivity index (χ0v) is 10.3. The van der Waals surface area contributed by atoms with E-state index in [1.165, 1.54) is 6.33 Å². The van der Waals surface area contributed by atoms with E-state index in [2.05, 4.69) is 15.0 Å². The van der Waals surface area contributed by atoms with Gasteiger partial charge in [0.15, 0.2) is 17.4 Å². The lowest BCUT2D eigenvalue weighted by molar-refractivity contribution is -0.0453. The summed E-state index contributed by atoms with van der Waals surface area (Å²) in [5, 5.41) is 18.9. The highest BCUT2D eigenvalue weighted by atomic mass is 16.5. The van der Waals surface area contributed by atoms with Gasteiger partial charge in [-0.25, -0.2) is 9.55 Å². The second-order valence-corrected chi connectivity index (χ2v) is 4.56. The van der Waals surface area contributed by atoms with Gasteiger partial charge < -0.3 is 31.4 Å². The van der Waals surface area contributed by atoms with E-state index in [1.807, 2.05) is 0 Å². The summed E-state index contributed by atoms with van der Waals surface area (Å²) < 4.78 is 6.44. The third-order valence-electron chi connectivity index (χ3n) is 3.37. The SMILES string of the molecule is Nc1nc2nc[nH]c2c(=O)n1[C@@H]1O[C@H](CO)[C@@H](O)[C@@H]1N. The van der Waals surface area contributed by atoms with E-state index in [1.54, 1.807) is 0 Å². The number of aliphatic hydroxyl groups is 2. The maximum atomic E-state index is 12.3. The molecule has 0 amide bonds. The Morgan fingerprint density at radius 2 is 2.30 bits per heavy atom. The van der Waals surface area contributed by atoms with E-state index < -0.39 is 36.6 Å². The van der Waals surface area contributed by atoms with Crippen molar-refractivity contribution >= 4 is 17.1 Å². The average Bonchev–Trinajstić information content (AvgIpc) is 2.98. The molecule has 1 aliphatic rings. The van der Waals surface area contributed by atoms with Crippen LogP contribution < -0.4 is 17.0 Å². The van der Waals surface area contributed by atoms with Gasteiger partial charge in [-0.3, -0.25) is 4.79 Å². The highest BCUT2D eigenvalue weighted by Crippen LogP contribution is 2.28. The number of aromatic nitrogens is 4. The van der Waals surface area contributed by atoms with Crippen molar-refractivity contribution in [1.82, 2.24) is 19.5 Å². The molecule has 1 saturated heterocycles. The molecule has 0 aromatic carbocycles. The van der Waals surface area contributed by atoms with Crippen LogP contribution in [0.5, 0.6) is 0 Å². The first-order chi connectivity index (χ1) is 9.54. The Morgan fingerprint density at radius 1 is 1.55 bits per heavy atom. The molecular formula is C10H14N6O4. The third kappa shape index (κ3) is 1.70. The summed E-state index contributed by atoms with van der Waals surface area (Å²) in [5.74, 6) is -0.124. The van der Waals surface area contributed by atoms with E-state index in [9.17, 15) is 9.90 Å². The molecule has 108 valence electrons. The number of aromatic amines is 1. The molecule has 3 rings (SSSR count). The minimum absolute atomic E-state index is 0.124. The normalized spacial score (nSPS) is 30.1. The van der Waals surface area contributed by atoms with E-state index >= 15 is 0 Å². The smallest absolute Gasteiger partial charge is 0.283 e. The molecule has 4 atom stereocenters. The topological polar surface area (TPSA) is 165 Å². The second-order valence-electron chi connectivity index (χ2n) is 4.56. The fraction of sp³-hybridized carbons (Fsp3) is 0.500. The number of imidazole rings is 1. The number of fused-ring (bicyclic) bond motifs is 1. The first-order valence-corrected chi connectivity index (χ1v) is 5.95. The van der Waals surface area contributed by atoms with Crippen LogP contribution in [0.3, 0.4) is 0 Å². The Hall–Kier alpha value is -2.01. The molecule has 3 heterocycles. The van der Waals surface area contributed by atoms with Crippen LogP contribution in [0.1, 0.15) is 6.23 Å². The van der Waals surface area contributed by atoms with Gasteiger partial charge in [-0.1, -0.05) is 0 Å². The van der Waals surface area contributed by atoms with Gasteiger partial charge in [0.25, 0.3) is 5.56 Å². The molecule has 10 heteroatoms. The number of nitrogens with zero attached hydrogens (tertiary/aromatic N) is 3. The standard InChI is InChI=1S/C10H14N6O4/c11-4-6(18)3(1-17)20-9(4)16-8(19)5-7(14-2-13-5)15-10(16)12/h2-4,6,9,17-18H,1,11H2,(H2,12,15)(H,13,14)/t3-,4+,6-,9-/m1/s1. The summed E-state index contributed by atoms with van der Waals surface area (Å²) in [7, 11) is 0. The predicted octanol–water partition coefficient (Wildman–Crippen LogP) is -2.72. The quantitative estimate of drug-likeness (QED) is 0.396. The zero-order chi connectivity index (χ0) is 14.4. The van der Waals surface area contributed by atoms with E-state index in [4.69, 9.17) is 21.3 Å².